The van der Waals surface area contributed by atoms with Crippen molar-refractivity contribution in [3.63, 3.8) is 0 Å². The molecule has 4 N–H and O–H groups in total. The Morgan fingerprint density at radius 3 is 1.89 bits per heavy atom. The van der Waals surface area contributed by atoms with E-state index < -0.39 is 0 Å². The van der Waals surface area contributed by atoms with Gasteiger partial charge in [0.1, 0.15) is 11.3 Å². The van der Waals surface area contributed by atoms with Crippen LogP contribution in [-0.4, -0.2) is 21.3 Å². The first-order chi connectivity index (χ1) is 21.7. The third kappa shape index (κ3) is 5.58. The van der Waals surface area contributed by atoms with Crippen molar-refractivity contribution < 1.29 is 14.6 Å². The average molecular weight is 615 g/mol. The highest BCUT2D eigenvalue weighted by atomic mass is 16.4. The summed E-state index contributed by atoms with van der Waals surface area (Å²) in [5.74, 6) is 0.241. The number of rotatable bonds is 2. The third-order valence-corrected chi connectivity index (χ3v) is 8.81. The maximum atomic E-state index is 12.7. The molecule has 6 nitrogen and oxygen atoms in total. The molecule has 6 heteroatoms. The molecule has 46 heavy (non-hydrogen) atoms. The number of anilines is 2. The van der Waals surface area contributed by atoms with Crippen LogP contribution in [0.5, 0.6) is 5.75 Å². The van der Waals surface area contributed by atoms with Crippen molar-refractivity contribution in [1.29, 1.82) is 0 Å². The molecular weight excluding hydrogens is 572 g/mol. The number of aliphatic hydroxyl groups excluding tert-OH is 1. The molecule has 0 atom stereocenters. The third-order valence-electron chi connectivity index (χ3n) is 8.81. The van der Waals surface area contributed by atoms with Gasteiger partial charge in [0.2, 0.25) is 0 Å². The summed E-state index contributed by atoms with van der Waals surface area (Å²) in [6, 6.07) is 19.7. The number of aliphatic hydroxyl groups is 1. The maximum Gasteiger partial charge on any atom is 0.344 e. The number of hydrogen-bond donors (Lipinski definition) is 4. The molecule has 0 aliphatic carbocycles. The van der Waals surface area contributed by atoms with Gasteiger partial charge in [0.05, 0.1) is 23.1 Å². The second-order valence-corrected chi connectivity index (χ2v) is 13.8. The number of hydrogen-bond acceptors (Lipinski definition) is 6. The average Bonchev–Trinajstić information content (AvgIpc) is 2.95. The van der Waals surface area contributed by atoms with Crippen LogP contribution >= 0.6 is 0 Å². The van der Waals surface area contributed by atoms with E-state index in [1.54, 1.807) is 6.07 Å². The Morgan fingerprint density at radius 2 is 1.24 bits per heavy atom. The van der Waals surface area contributed by atoms with Crippen LogP contribution < -0.4 is 16.3 Å². The molecule has 0 radical (unpaired) electrons. The number of phenols is 1. The smallest absolute Gasteiger partial charge is 0.344 e. The number of fused-ring (bicyclic) bond motifs is 6. The number of nitrogens with one attached hydrogen (secondary N) is 2. The quantitative estimate of drug-likeness (QED) is 0.117. The molecule has 0 bridgehead atoms. The zero-order valence-corrected chi connectivity index (χ0v) is 27.8. The Bertz CT molecular complexity index is 2170. The Morgan fingerprint density at radius 1 is 0.696 bits per heavy atom. The molecule has 0 saturated heterocycles. The topological polar surface area (TPSA) is 94.7 Å². The summed E-state index contributed by atoms with van der Waals surface area (Å²) < 4.78 is 5.61. The molecule has 236 valence electrons. The van der Waals surface area contributed by atoms with E-state index in [0.717, 1.165) is 72.2 Å². The van der Waals surface area contributed by atoms with E-state index in [1.165, 1.54) is 0 Å². The number of phenolic OH excluding ortho intramolecular Hbond substituents is 1. The molecule has 0 unspecified atom stereocenters. The van der Waals surface area contributed by atoms with E-state index >= 15 is 0 Å². The Hall–Kier alpha value is -4.81. The fourth-order valence-electron chi connectivity index (χ4n) is 7.12. The lowest BCUT2D eigenvalue weighted by atomic mass is 9.85. The van der Waals surface area contributed by atoms with Crippen molar-refractivity contribution in [2.24, 2.45) is 0 Å². The summed E-state index contributed by atoms with van der Waals surface area (Å²) in [7, 11) is 0. The van der Waals surface area contributed by atoms with Crippen molar-refractivity contribution in [3.8, 4) is 16.9 Å². The molecule has 2 aliphatic heterocycles. The molecule has 1 aromatic heterocycles. The van der Waals surface area contributed by atoms with E-state index in [4.69, 9.17) is 4.42 Å². The number of aryl methyl sites for hydroxylation is 2. The van der Waals surface area contributed by atoms with Crippen LogP contribution in [0.2, 0.25) is 0 Å². The normalized spacial score (nSPS) is 15.8. The molecule has 2 aliphatic rings. The summed E-state index contributed by atoms with van der Waals surface area (Å²) in [4.78, 5) is 12.7. The van der Waals surface area contributed by atoms with Crippen LogP contribution in [0.25, 0.3) is 44.0 Å². The number of benzene rings is 4. The van der Waals surface area contributed by atoms with Gasteiger partial charge in [0, 0.05) is 38.8 Å². The van der Waals surface area contributed by atoms with Gasteiger partial charge in [-0.15, -0.1) is 0 Å². The van der Waals surface area contributed by atoms with Gasteiger partial charge in [0.25, 0.3) is 0 Å². The predicted molar refractivity (Wildman–Crippen MR) is 192 cm³/mol. The predicted octanol–water partition coefficient (Wildman–Crippen LogP) is 9.33. The van der Waals surface area contributed by atoms with Gasteiger partial charge in [-0.1, -0.05) is 48.6 Å². The fraction of sp³-hybridized carbons (Fsp3) is 0.275. The van der Waals surface area contributed by atoms with Crippen molar-refractivity contribution in [3.05, 3.63) is 111 Å². The minimum absolute atomic E-state index is 0.0703. The fourth-order valence-corrected chi connectivity index (χ4v) is 7.12. The van der Waals surface area contributed by atoms with Crippen molar-refractivity contribution in [2.75, 3.05) is 10.6 Å². The molecule has 0 amide bonds. The highest BCUT2D eigenvalue weighted by Crippen LogP contribution is 2.42. The van der Waals surface area contributed by atoms with Gasteiger partial charge in [-0.25, -0.2) is 4.79 Å². The Labute approximate surface area is 270 Å². The van der Waals surface area contributed by atoms with Crippen molar-refractivity contribution >= 4 is 44.3 Å². The molecule has 0 saturated carbocycles. The number of aromatic hydroxyl groups is 1. The molecule has 3 heterocycles. The Balaban J connectivity index is 0.000000162. The van der Waals surface area contributed by atoms with Gasteiger partial charge in [0.15, 0.2) is 0 Å². The van der Waals surface area contributed by atoms with E-state index in [2.05, 4.69) is 70.4 Å². The monoisotopic (exact) mass is 614 g/mol. The maximum absolute atomic E-state index is 12.7. The highest BCUT2D eigenvalue weighted by Gasteiger charge is 2.27. The van der Waals surface area contributed by atoms with Crippen LogP contribution in [0.3, 0.4) is 0 Å². The second-order valence-electron chi connectivity index (χ2n) is 13.8. The minimum atomic E-state index is -0.274. The molecule has 4 aromatic carbocycles. The van der Waals surface area contributed by atoms with E-state index in [-0.39, 0.29) is 29.1 Å². The van der Waals surface area contributed by atoms with Crippen LogP contribution in [-0.2, 0) is 6.61 Å². The standard InChI is InChI=1S/C20H19NO2.C20H23NO2/c1-11-5-6-13-14-7-8-15-17(12(2)10-20(3,4)21-15)18(14)19(22)23-16(13)9-11;1-12-5-6-15(18(23)9-12)14-7-8-17-19(16(14)11-22)13(2)10-20(3,4)21-17/h5-10,21H,1-4H3;5-10,21-23H,11H2,1-4H3. The largest absolute Gasteiger partial charge is 0.507 e. The summed E-state index contributed by atoms with van der Waals surface area (Å²) in [6.07, 6.45) is 4.33. The zero-order valence-electron chi connectivity index (χ0n) is 27.8. The summed E-state index contributed by atoms with van der Waals surface area (Å²) in [5, 5.41) is 29.9. The first kappa shape index (κ1) is 31.2. The molecule has 0 fully saturated rings. The summed E-state index contributed by atoms with van der Waals surface area (Å²) in [5.41, 5.74) is 10.9. The van der Waals surface area contributed by atoms with Gasteiger partial charge in [-0.05, 0) is 113 Å². The lowest BCUT2D eigenvalue weighted by molar-refractivity contribution is 0.282. The first-order valence-electron chi connectivity index (χ1n) is 15.7. The van der Waals surface area contributed by atoms with Gasteiger partial charge in [-0.3, -0.25) is 0 Å². The zero-order chi connectivity index (χ0) is 33.1. The molecule has 5 aromatic rings. The van der Waals surface area contributed by atoms with E-state index in [0.29, 0.717) is 11.0 Å². The Kier molecular flexibility index (Phi) is 7.60. The van der Waals surface area contributed by atoms with E-state index in [9.17, 15) is 15.0 Å². The van der Waals surface area contributed by atoms with E-state index in [1.807, 2.05) is 62.4 Å². The minimum Gasteiger partial charge on any atom is -0.507 e. The van der Waals surface area contributed by atoms with Crippen LogP contribution in [0, 0.1) is 13.8 Å². The summed E-state index contributed by atoms with van der Waals surface area (Å²) >= 11 is 0. The van der Waals surface area contributed by atoms with Crippen LogP contribution in [0.4, 0.5) is 11.4 Å². The van der Waals surface area contributed by atoms with Crippen LogP contribution in [0.15, 0.2) is 82.0 Å². The van der Waals surface area contributed by atoms with Gasteiger partial charge >= 0.3 is 5.63 Å². The van der Waals surface area contributed by atoms with Crippen molar-refractivity contribution in [1.82, 2.24) is 0 Å². The molecule has 0 spiro atoms. The van der Waals surface area contributed by atoms with Crippen molar-refractivity contribution in [2.45, 2.75) is 73.1 Å². The highest BCUT2D eigenvalue weighted by molar-refractivity contribution is 6.10. The summed E-state index contributed by atoms with van der Waals surface area (Å²) in [6.45, 7) is 16.5. The lowest BCUT2D eigenvalue weighted by Gasteiger charge is -2.33. The number of allylic oxidation sites excluding steroid dienone is 2. The van der Waals surface area contributed by atoms with Gasteiger partial charge in [-0.2, -0.15) is 0 Å². The van der Waals surface area contributed by atoms with Gasteiger partial charge < -0.3 is 25.3 Å². The first-order valence-corrected chi connectivity index (χ1v) is 15.7. The SMILES string of the molecule is CC1=CC(C)(C)Nc2ccc(-c3ccc(C)cc3O)c(CO)c21.CC1=CC(C)(C)Nc2ccc3c(c21)c(=O)oc1cc(C)ccc13. The lowest BCUT2D eigenvalue weighted by Crippen LogP contribution is -2.31. The molecular formula is C40H42N2O4. The second kappa shape index (κ2) is 11.2. The van der Waals surface area contributed by atoms with Crippen LogP contribution in [0.1, 0.15) is 69.4 Å². The molecule has 7 rings (SSSR count).